The number of hydrogen-bond donors (Lipinski definition) is 2. The Morgan fingerprint density at radius 3 is 2.30 bits per heavy atom. The molecule has 0 unspecified atom stereocenters. The van der Waals surface area contributed by atoms with E-state index in [1.54, 1.807) is 4.72 Å². The lowest BCUT2D eigenvalue weighted by Crippen LogP contribution is -2.15. The number of carbonyl (C=O) groups is 1. The van der Waals surface area contributed by atoms with Crippen molar-refractivity contribution in [1.82, 2.24) is 0 Å². The number of carboxylic acids is 1. The van der Waals surface area contributed by atoms with E-state index < -0.39 is 44.0 Å². The second-order valence-electron chi connectivity index (χ2n) is 4.28. The van der Waals surface area contributed by atoms with Crippen LogP contribution in [0.5, 0.6) is 0 Å². The fourth-order valence-electron chi connectivity index (χ4n) is 1.66. The van der Waals surface area contributed by atoms with Gasteiger partial charge in [0.05, 0.1) is 11.3 Å². The maximum Gasteiger partial charge on any atom is 0.335 e. The van der Waals surface area contributed by atoms with Crippen molar-refractivity contribution in [2.45, 2.75) is 4.90 Å². The average molecular weight is 410 g/mol. The van der Waals surface area contributed by atoms with E-state index in [1.807, 2.05) is 0 Å². The Morgan fingerprint density at radius 1 is 1.09 bits per heavy atom. The maximum atomic E-state index is 13.5. The first kappa shape index (κ1) is 17.3. The maximum absolute atomic E-state index is 13.5. The Balaban J connectivity index is 2.44. The summed E-state index contributed by atoms with van der Waals surface area (Å²) in [7, 11) is -4.36. The Bertz CT molecular complexity index is 902. The second-order valence-corrected chi connectivity index (χ2v) is 6.78. The first-order valence-corrected chi connectivity index (χ1v) is 8.10. The van der Waals surface area contributed by atoms with Gasteiger partial charge in [-0.3, -0.25) is 4.72 Å². The molecular weight excluding hydrogens is 403 g/mol. The smallest absolute Gasteiger partial charge is 0.335 e. The van der Waals surface area contributed by atoms with Gasteiger partial charge in [-0.1, -0.05) is 0 Å². The van der Waals surface area contributed by atoms with Crippen molar-refractivity contribution in [2.75, 3.05) is 4.72 Å². The molecule has 2 N–H and O–H groups in total. The number of nitrogens with one attached hydrogen (secondary N) is 1. The van der Waals surface area contributed by atoms with E-state index in [-0.39, 0.29) is 10.0 Å². The van der Waals surface area contributed by atoms with Gasteiger partial charge in [0.1, 0.15) is 4.90 Å². The van der Waals surface area contributed by atoms with E-state index in [4.69, 9.17) is 5.11 Å². The summed E-state index contributed by atoms with van der Waals surface area (Å²) < 4.78 is 65.6. The molecule has 0 aliphatic carbocycles. The number of sulfonamides is 1. The van der Waals surface area contributed by atoms with Crippen LogP contribution in [0, 0.1) is 17.5 Å². The lowest BCUT2D eigenvalue weighted by Gasteiger charge is -2.11. The van der Waals surface area contributed by atoms with Crippen molar-refractivity contribution in [3.8, 4) is 0 Å². The standard InChI is InChI=1S/C13H7BrF3NO4S/c14-7-5-6(13(19)20)1-4-10(7)23(21,22)18-9-3-2-8(15)11(16)12(9)17/h1-5,18H,(H,19,20). The van der Waals surface area contributed by atoms with Crippen LogP contribution in [0.1, 0.15) is 10.4 Å². The molecule has 0 aromatic heterocycles. The summed E-state index contributed by atoms with van der Waals surface area (Å²) in [6.07, 6.45) is 0. The van der Waals surface area contributed by atoms with E-state index >= 15 is 0 Å². The highest BCUT2D eigenvalue weighted by atomic mass is 79.9. The average Bonchev–Trinajstić information content (AvgIpc) is 2.47. The highest BCUT2D eigenvalue weighted by Gasteiger charge is 2.22. The van der Waals surface area contributed by atoms with Crippen molar-refractivity contribution >= 4 is 37.6 Å². The van der Waals surface area contributed by atoms with Gasteiger partial charge in [-0.2, -0.15) is 0 Å². The number of rotatable bonds is 4. The Labute approximate surface area is 136 Å². The molecule has 0 heterocycles. The number of hydrogen-bond acceptors (Lipinski definition) is 3. The highest BCUT2D eigenvalue weighted by molar-refractivity contribution is 9.10. The largest absolute Gasteiger partial charge is 0.478 e. The molecule has 2 aromatic rings. The van der Waals surface area contributed by atoms with Crippen LogP contribution in [0.15, 0.2) is 39.7 Å². The first-order valence-electron chi connectivity index (χ1n) is 5.82. The summed E-state index contributed by atoms with van der Waals surface area (Å²) in [4.78, 5) is 10.4. The van der Waals surface area contributed by atoms with Crippen LogP contribution in [0.4, 0.5) is 18.9 Å². The summed E-state index contributed by atoms with van der Waals surface area (Å²) in [5.41, 5.74) is -0.951. The quantitative estimate of drug-likeness (QED) is 0.758. The summed E-state index contributed by atoms with van der Waals surface area (Å²) in [6, 6.07) is 4.35. The zero-order valence-electron chi connectivity index (χ0n) is 11.0. The summed E-state index contributed by atoms with van der Waals surface area (Å²) in [5.74, 6) is -6.23. The summed E-state index contributed by atoms with van der Waals surface area (Å²) in [6.45, 7) is 0. The van der Waals surface area contributed by atoms with E-state index in [0.717, 1.165) is 24.3 Å². The SMILES string of the molecule is O=C(O)c1ccc(S(=O)(=O)Nc2ccc(F)c(F)c2F)c(Br)c1. The first-order chi connectivity index (χ1) is 10.6. The van der Waals surface area contributed by atoms with E-state index in [1.165, 1.54) is 0 Å². The Morgan fingerprint density at radius 2 is 1.74 bits per heavy atom. The molecule has 0 amide bonds. The Kier molecular flexibility index (Phi) is 4.66. The van der Waals surface area contributed by atoms with Crippen LogP contribution in [0.2, 0.25) is 0 Å². The van der Waals surface area contributed by atoms with Gasteiger partial charge in [-0.05, 0) is 46.3 Å². The van der Waals surface area contributed by atoms with Crippen molar-refractivity contribution in [2.24, 2.45) is 0 Å². The number of benzene rings is 2. The molecule has 23 heavy (non-hydrogen) atoms. The molecule has 0 aliphatic heterocycles. The van der Waals surface area contributed by atoms with Crippen molar-refractivity contribution in [3.05, 3.63) is 57.8 Å². The van der Waals surface area contributed by atoms with Crippen LogP contribution >= 0.6 is 15.9 Å². The Hall–Kier alpha value is -2.07. The van der Waals surface area contributed by atoms with Crippen LogP contribution in [0.3, 0.4) is 0 Å². The third-order valence-corrected chi connectivity index (χ3v) is 5.09. The molecule has 0 saturated heterocycles. The zero-order valence-corrected chi connectivity index (χ0v) is 13.4. The molecule has 5 nitrogen and oxygen atoms in total. The fourth-order valence-corrected chi connectivity index (χ4v) is 3.79. The number of halogens is 4. The molecule has 2 aromatic carbocycles. The van der Waals surface area contributed by atoms with Gasteiger partial charge in [0.15, 0.2) is 17.5 Å². The van der Waals surface area contributed by atoms with Gasteiger partial charge in [-0.15, -0.1) is 0 Å². The van der Waals surface area contributed by atoms with Crippen molar-refractivity contribution in [3.63, 3.8) is 0 Å². The van der Waals surface area contributed by atoms with Crippen LogP contribution in [-0.4, -0.2) is 19.5 Å². The number of carboxylic acid groups (broad SMARTS) is 1. The molecular formula is C13H7BrF3NO4S. The predicted molar refractivity (Wildman–Crippen MR) is 78.2 cm³/mol. The molecule has 122 valence electrons. The van der Waals surface area contributed by atoms with Gasteiger partial charge < -0.3 is 5.11 Å². The lowest BCUT2D eigenvalue weighted by molar-refractivity contribution is 0.0696. The molecule has 0 bridgehead atoms. The molecule has 0 spiro atoms. The molecule has 0 radical (unpaired) electrons. The van der Waals surface area contributed by atoms with Gasteiger partial charge in [0.2, 0.25) is 0 Å². The number of anilines is 1. The fraction of sp³-hybridized carbons (Fsp3) is 0. The molecule has 0 aliphatic rings. The zero-order chi connectivity index (χ0) is 17.4. The van der Waals surface area contributed by atoms with E-state index in [2.05, 4.69) is 15.9 Å². The number of aromatic carboxylic acids is 1. The van der Waals surface area contributed by atoms with Gasteiger partial charge in [0, 0.05) is 4.47 Å². The van der Waals surface area contributed by atoms with Crippen LogP contribution in [-0.2, 0) is 10.0 Å². The predicted octanol–water partition coefficient (Wildman–Crippen LogP) is 3.37. The summed E-state index contributed by atoms with van der Waals surface area (Å²) in [5, 5.41) is 8.82. The van der Waals surface area contributed by atoms with Crippen molar-refractivity contribution < 1.29 is 31.5 Å². The minimum absolute atomic E-state index is 0.0899. The molecule has 0 atom stereocenters. The molecule has 0 saturated carbocycles. The van der Waals surface area contributed by atoms with Crippen LogP contribution in [0.25, 0.3) is 0 Å². The normalized spacial score (nSPS) is 11.3. The third-order valence-electron chi connectivity index (χ3n) is 2.75. The minimum Gasteiger partial charge on any atom is -0.478 e. The molecule has 2 rings (SSSR count). The molecule has 0 fully saturated rings. The second kappa shape index (κ2) is 6.20. The lowest BCUT2D eigenvalue weighted by atomic mass is 10.2. The van der Waals surface area contributed by atoms with Crippen molar-refractivity contribution in [1.29, 1.82) is 0 Å². The minimum atomic E-state index is -4.36. The van der Waals surface area contributed by atoms with Gasteiger partial charge in [0.25, 0.3) is 10.0 Å². The van der Waals surface area contributed by atoms with Crippen LogP contribution < -0.4 is 4.72 Å². The van der Waals surface area contributed by atoms with E-state index in [9.17, 15) is 26.4 Å². The highest BCUT2D eigenvalue weighted by Crippen LogP contribution is 2.27. The van der Waals surface area contributed by atoms with Gasteiger partial charge in [-0.25, -0.2) is 26.4 Å². The third kappa shape index (κ3) is 3.48. The van der Waals surface area contributed by atoms with Gasteiger partial charge >= 0.3 is 5.97 Å². The van der Waals surface area contributed by atoms with E-state index in [0.29, 0.717) is 6.07 Å². The summed E-state index contributed by atoms with van der Waals surface area (Å²) >= 11 is 2.90. The topological polar surface area (TPSA) is 83.5 Å². The molecule has 10 heteroatoms. The monoisotopic (exact) mass is 409 g/mol.